The second-order valence-corrected chi connectivity index (χ2v) is 7.72. The largest absolute Gasteiger partial charge is 0.378 e. The summed E-state index contributed by atoms with van der Waals surface area (Å²) in [6, 6.07) is 16.5. The highest BCUT2D eigenvalue weighted by atomic mass is 35.5. The summed E-state index contributed by atoms with van der Waals surface area (Å²) in [5.74, 6) is 1.15. The molecule has 1 aliphatic rings. The predicted molar refractivity (Wildman–Crippen MR) is 124 cm³/mol. The number of anilines is 3. The number of rotatable bonds is 5. The minimum absolute atomic E-state index is 0.455. The third-order valence-corrected chi connectivity index (χ3v) is 5.75. The molecule has 0 amide bonds. The van der Waals surface area contributed by atoms with Crippen LogP contribution >= 0.6 is 11.6 Å². The molecule has 4 aromatic rings. The third kappa shape index (κ3) is 3.82. The van der Waals surface area contributed by atoms with E-state index in [4.69, 9.17) is 21.3 Å². The lowest BCUT2D eigenvalue weighted by molar-refractivity contribution is 0.122. The Kier molecular flexibility index (Phi) is 5.44. The van der Waals surface area contributed by atoms with Gasteiger partial charge in [0.15, 0.2) is 5.82 Å². The number of halogens is 1. The first kappa shape index (κ1) is 19.8. The summed E-state index contributed by atoms with van der Waals surface area (Å²) in [4.78, 5) is 13.7. The molecule has 2 aromatic carbocycles. The Bertz CT molecular complexity index is 1190. The lowest BCUT2D eigenvalue weighted by atomic mass is 10.2. The zero-order valence-electron chi connectivity index (χ0n) is 17.3. The molecule has 0 radical (unpaired) electrons. The van der Waals surface area contributed by atoms with Crippen LogP contribution in [0.15, 0.2) is 60.9 Å². The van der Waals surface area contributed by atoms with Gasteiger partial charge in [0.25, 0.3) is 0 Å². The molecule has 1 fully saturated rings. The van der Waals surface area contributed by atoms with Crippen molar-refractivity contribution in [2.24, 2.45) is 0 Å². The van der Waals surface area contributed by atoms with Gasteiger partial charge < -0.3 is 14.5 Å². The lowest BCUT2D eigenvalue weighted by Crippen LogP contribution is -2.36. The maximum Gasteiger partial charge on any atom is 0.231 e. The summed E-state index contributed by atoms with van der Waals surface area (Å²) >= 11 is 6.47. The molecule has 3 heterocycles. The maximum absolute atomic E-state index is 6.47. The van der Waals surface area contributed by atoms with Crippen LogP contribution in [-0.2, 0) is 4.74 Å². The first-order valence-corrected chi connectivity index (χ1v) is 10.8. The fourth-order valence-corrected chi connectivity index (χ4v) is 4.04. The van der Waals surface area contributed by atoms with Crippen LogP contribution in [0.3, 0.4) is 0 Å². The van der Waals surface area contributed by atoms with Crippen molar-refractivity contribution in [3.8, 4) is 5.82 Å². The van der Waals surface area contributed by atoms with Gasteiger partial charge >= 0.3 is 0 Å². The van der Waals surface area contributed by atoms with Crippen LogP contribution in [0, 0.1) is 0 Å². The number of hydrogen-bond donors (Lipinski definition) is 0. The first-order chi connectivity index (χ1) is 15.2. The molecule has 0 aliphatic carbocycles. The Morgan fingerprint density at radius 2 is 1.81 bits per heavy atom. The van der Waals surface area contributed by atoms with Crippen molar-refractivity contribution in [1.82, 2.24) is 19.7 Å². The molecule has 0 bridgehead atoms. The van der Waals surface area contributed by atoms with E-state index in [0.29, 0.717) is 16.8 Å². The van der Waals surface area contributed by atoms with Crippen molar-refractivity contribution in [1.29, 1.82) is 0 Å². The Labute approximate surface area is 185 Å². The number of morpholine rings is 1. The SMILES string of the molecule is CCN(c1ccc(N2CCOCC2)cc1)c1ncc(Cl)c(-n2ncc3ccccc32)n1. The molecule has 158 valence electrons. The maximum atomic E-state index is 6.47. The molecule has 0 spiro atoms. The molecule has 0 unspecified atom stereocenters. The minimum Gasteiger partial charge on any atom is -0.378 e. The molecule has 7 nitrogen and oxygen atoms in total. The first-order valence-electron chi connectivity index (χ1n) is 10.4. The Morgan fingerprint density at radius 1 is 1.03 bits per heavy atom. The molecule has 8 heteroatoms. The van der Waals surface area contributed by atoms with Gasteiger partial charge in [-0.25, -0.2) is 9.67 Å². The van der Waals surface area contributed by atoms with E-state index in [1.54, 1.807) is 10.9 Å². The fourth-order valence-electron chi connectivity index (χ4n) is 3.87. The van der Waals surface area contributed by atoms with E-state index in [1.165, 1.54) is 5.69 Å². The summed E-state index contributed by atoms with van der Waals surface area (Å²) in [6.07, 6.45) is 3.45. The van der Waals surface area contributed by atoms with E-state index in [9.17, 15) is 0 Å². The number of para-hydroxylation sites is 1. The second kappa shape index (κ2) is 8.53. The number of ether oxygens (including phenoxy) is 1. The highest BCUT2D eigenvalue weighted by Gasteiger charge is 2.17. The summed E-state index contributed by atoms with van der Waals surface area (Å²) in [6.45, 7) is 6.17. The standard InChI is InChI=1S/C23H23ClN6O/c1-2-29(19-9-7-18(8-10-19)28-11-13-31-14-12-28)23-25-16-20(24)22(27-23)30-21-6-4-3-5-17(21)15-26-30/h3-10,15-16H,2,11-14H2,1H3. The average Bonchev–Trinajstić information content (AvgIpc) is 3.26. The van der Waals surface area contributed by atoms with Crippen molar-refractivity contribution >= 4 is 39.8 Å². The van der Waals surface area contributed by atoms with Gasteiger partial charge in [-0.05, 0) is 37.3 Å². The van der Waals surface area contributed by atoms with Gasteiger partial charge in [-0.3, -0.25) is 0 Å². The van der Waals surface area contributed by atoms with Crippen molar-refractivity contribution < 1.29 is 4.74 Å². The molecule has 0 atom stereocenters. The quantitative estimate of drug-likeness (QED) is 0.462. The van der Waals surface area contributed by atoms with Crippen LogP contribution in [0.1, 0.15) is 6.92 Å². The molecule has 0 saturated carbocycles. The van der Waals surface area contributed by atoms with Gasteiger partial charge in [0.2, 0.25) is 5.95 Å². The van der Waals surface area contributed by atoms with Gasteiger partial charge in [0, 0.05) is 36.4 Å². The van der Waals surface area contributed by atoms with Crippen molar-refractivity contribution in [2.75, 3.05) is 42.6 Å². The molecular weight excluding hydrogens is 412 g/mol. The van der Waals surface area contributed by atoms with Crippen molar-refractivity contribution in [3.05, 3.63) is 65.9 Å². The number of hydrogen-bond acceptors (Lipinski definition) is 6. The summed E-state index contributed by atoms with van der Waals surface area (Å²) in [5.41, 5.74) is 3.17. The highest BCUT2D eigenvalue weighted by Crippen LogP contribution is 2.29. The van der Waals surface area contributed by atoms with Crippen LogP contribution in [0.4, 0.5) is 17.3 Å². The van der Waals surface area contributed by atoms with Gasteiger partial charge in [0.1, 0.15) is 5.02 Å². The van der Waals surface area contributed by atoms with Crippen LogP contribution in [0.25, 0.3) is 16.7 Å². The Hall–Kier alpha value is -3.16. The smallest absolute Gasteiger partial charge is 0.231 e. The van der Waals surface area contributed by atoms with Crippen LogP contribution in [0.5, 0.6) is 0 Å². The summed E-state index contributed by atoms with van der Waals surface area (Å²) < 4.78 is 7.21. The summed E-state index contributed by atoms with van der Waals surface area (Å²) in [5, 5.41) is 5.98. The highest BCUT2D eigenvalue weighted by molar-refractivity contribution is 6.32. The van der Waals surface area contributed by atoms with Crippen LogP contribution in [0.2, 0.25) is 5.02 Å². The van der Waals surface area contributed by atoms with Gasteiger partial charge in [-0.2, -0.15) is 10.1 Å². The molecule has 31 heavy (non-hydrogen) atoms. The molecular formula is C23H23ClN6O. The van der Waals surface area contributed by atoms with Crippen LogP contribution in [-0.4, -0.2) is 52.6 Å². The third-order valence-electron chi connectivity index (χ3n) is 5.49. The molecule has 0 N–H and O–H groups in total. The minimum atomic E-state index is 0.455. The zero-order valence-corrected chi connectivity index (χ0v) is 18.0. The van der Waals surface area contributed by atoms with Gasteiger partial charge in [-0.15, -0.1) is 0 Å². The van der Waals surface area contributed by atoms with E-state index in [2.05, 4.69) is 51.1 Å². The predicted octanol–water partition coefficient (Wildman–Crippen LogP) is 4.46. The molecule has 2 aromatic heterocycles. The average molecular weight is 435 g/mol. The molecule has 1 saturated heterocycles. The van der Waals surface area contributed by atoms with E-state index < -0.39 is 0 Å². The number of nitrogens with zero attached hydrogens (tertiary/aromatic N) is 6. The van der Waals surface area contributed by atoms with E-state index in [0.717, 1.165) is 49.4 Å². The Morgan fingerprint density at radius 3 is 2.58 bits per heavy atom. The van der Waals surface area contributed by atoms with Crippen LogP contribution < -0.4 is 9.80 Å². The number of aromatic nitrogens is 4. The number of fused-ring (bicyclic) bond motifs is 1. The van der Waals surface area contributed by atoms with Gasteiger partial charge in [0.05, 0.1) is 31.1 Å². The van der Waals surface area contributed by atoms with E-state index in [1.807, 2.05) is 30.5 Å². The van der Waals surface area contributed by atoms with E-state index >= 15 is 0 Å². The second-order valence-electron chi connectivity index (χ2n) is 7.32. The van der Waals surface area contributed by atoms with Gasteiger partial charge in [-0.1, -0.05) is 29.8 Å². The monoisotopic (exact) mass is 434 g/mol. The fraction of sp³-hybridized carbons (Fsp3) is 0.261. The number of benzene rings is 2. The molecule has 1 aliphatic heterocycles. The molecule has 5 rings (SSSR count). The topological polar surface area (TPSA) is 59.3 Å². The summed E-state index contributed by atoms with van der Waals surface area (Å²) in [7, 11) is 0. The lowest BCUT2D eigenvalue weighted by Gasteiger charge is -2.29. The van der Waals surface area contributed by atoms with Crippen molar-refractivity contribution in [2.45, 2.75) is 6.92 Å². The zero-order chi connectivity index (χ0) is 21.2. The normalized spacial score (nSPS) is 14.2. The Balaban J connectivity index is 1.48. The van der Waals surface area contributed by atoms with Crippen molar-refractivity contribution in [3.63, 3.8) is 0 Å². The van der Waals surface area contributed by atoms with E-state index in [-0.39, 0.29) is 0 Å².